The Balaban J connectivity index is 1.92. The second kappa shape index (κ2) is 5.14. The first kappa shape index (κ1) is 13.9. The number of hydrogen-bond donors (Lipinski definition) is 0. The van der Waals surface area contributed by atoms with Gasteiger partial charge in [0.1, 0.15) is 11.8 Å². The zero-order valence-corrected chi connectivity index (χ0v) is 12.9. The van der Waals surface area contributed by atoms with Crippen LogP contribution in [0.1, 0.15) is 36.8 Å². The summed E-state index contributed by atoms with van der Waals surface area (Å²) >= 11 is 6.15. The minimum atomic E-state index is -0.131. The van der Waals surface area contributed by atoms with Crippen molar-refractivity contribution >= 4 is 23.2 Å². The highest BCUT2D eigenvalue weighted by atomic mass is 35.5. The largest absolute Gasteiger partial charge is 0.467 e. The summed E-state index contributed by atoms with van der Waals surface area (Å²) < 4.78 is 11.6. The van der Waals surface area contributed by atoms with Gasteiger partial charge in [0.05, 0.1) is 18.1 Å². The first-order valence-corrected chi connectivity index (χ1v) is 7.79. The Kier molecular flexibility index (Phi) is 3.24. The molecule has 1 aromatic carbocycles. The lowest BCUT2D eigenvalue weighted by Crippen LogP contribution is -2.42. The minimum Gasteiger partial charge on any atom is -0.467 e. The van der Waals surface area contributed by atoms with Gasteiger partial charge in [0.25, 0.3) is 0 Å². The Morgan fingerprint density at radius 1 is 1.36 bits per heavy atom. The van der Waals surface area contributed by atoms with Crippen LogP contribution in [0, 0.1) is 5.92 Å². The smallest absolute Gasteiger partial charge is 0.224 e. The summed E-state index contributed by atoms with van der Waals surface area (Å²) in [4.78, 5) is 14.2. The molecule has 1 amide bonds. The topological polar surface area (TPSA) is 42.7 Å². The van der Waals surface area contributed by atoms with Crippen molar-refractivity contribution in [1.29, 1.82) is 0 Å². The van der Waals surface area contributed by atoms with Gasteiger partial charge in [-0.25, -0.2) is 0 Å². The minimum absolute atomic E-state index is 0.00433. The second-order valence-corrected chi connectivity index (χ2v) is 6.23. The fraction of sp³-hybridized carbons (Fsp3) is 0.353. The van der Waals surface area contributed by atoms with Crippen molar-refractivity contribution < 1.29 is 13.9 Å². The number of fused-ring (bicyclic) bond motifs is 3. The standard InChI is InChI=1S/C17H16ClNO3/c1-10(20)19-14-5-4-11(18)9-13(14)17-12(6-8-22-17)16(19)15-3-2-7-21-15/h2-5,7,9,12,16-17H,6,8H2,1H3/t12-,16-,17+/m1/s1. The molecule has 0 aliphatic carbocycles. The van der Waals surface area contributed by atoms with Crippen LogP contribution in [0.15, 0.2) is 41.0 Å². The molecule has 1 saturated heterocycles. The number of benzene rings is 1. The van der Waals surface area contributed by atoms with E-state index in [9.17, 15) is 4.79 Å². The Morgan fingerprint density at radius 2 is 2.23 bits per heavy atom. The lowest BCUT2D eigenvalue weighted by Gasteiger charge is -2.42. The van der Waals surface area contributed by atoms with Crippen LogP contribution >= 0.6 is 11.6 Å². The van der Waals surface area contributed by atoms with E-state index in [-0.39, 0.29) is 24.0 Å². The molecule has 3 heterocycles. The van der Waals surface area contributed by atoms with Gasteiger partial charge in [0, 0.05) is 30.0 Å². The monoisotopic (exact) mass is 317 g/mol. The zero-order chi connectivity index (χ0) is 15.3. The van der Waals surface area contributed by atoms with Crippen LogP contribution in [0.4, 0.5) is 5.69 Å². The first-order valence-electron chi connectivity index (χ1n) is 7.41. The number of rotatable bonds is 1. The fourth-order valence-electron chi connectivity index (χ4n) is 3.73. The van der Waals surface area contributed by atoms with Gasteiger partial charge in [-0.1, -0.05) is 11.6 Å². The average Bonchev–Trinajstić information content (AvgIpc) is 3.17. The summed E-state index contributed by atoms with van der Waals surface area (Å²) in [6.45, 7) is 2.27. The maximum atomic E-state index is 12.4. The van der Waals surface area contributed by atoms with Crippen LogP contribution in [0.2, 0.25) is 5.02 Å². The van der Waals surface area contributed by atoms with E-state index in [1.54, 1.807) is 13.2 Å². The van der Waals surface area contributed by atoms with Gasteiger partial charge in [-0.2, -0.15) is 0 Å². The number of amides is 1. The summed E-state index contributed by atoms with van der Waals surface area (Å²) in [6, 6.07) is 9.27. The Morgan fingerprint density at radius 3 is 2.95 bits per heavy atom. The van der Waals surface area contributed by atoms with E-state index in [2.05, 4.69) is 0 Å². The van der Waals surface area contributed by atoms with E-state index in [4.69, 9.17) is 20.8 Å². The van der Waals surface area contributed by atoms with Crippen LogP contribution in [-0.4, -0.2) is 12.5 Å². The second-order valence-electron chi connectivity index (χ2n) is 5.80. The molecule has 0 unspecified atom stereocenters. The van der Waals surface area contributed by atoms with Crippen LogP contribution in [0.3, 0.4) is 0 Å². The highest BCUT2D eigenvalue weighted by Gasteiger charge is 2.47. The Hall–Kier alpha value is -1.78. The number of carbonyl (C=O) groups is 1. The van der Waals surface area contributed by atoms with Crippen molar-refractivity contribution in [2.24, 2.45) is 5.92 Å². The molecule has 2 aliphatic heterocycles. The average molecular weight is 318 g/mol. The van der Waals surface area contributed by atoms with Gasteiger partial charge < -0.3 is 14.1 Å². The molecule has 4 rings (SSSR count). The number of carbonyl (C=O) groups excluding carboxylic acids is 1. The zero-order valence-electron chi connectivity index (χ0n) is 12.2. The molecule has 1 fully saturated rings. The number of nitrogens with zero attached hydrogens (tertiary/aromatic N) is 1. The van der Waals surface area contributed by atoms with Crippen LogP contribution in [0.5, 0.6) is 0 Å². The molecular formula is C17H16ClNO3. The van der Waals surface area contributed by atoms with Crippen molar-refractivity contribution in [1.82, 2.24) is 0 Å². The lowest BCUT2D eigenvalue weighted by atomic mass is 9.81. The van der Waals surface area contributed by atoms with Crippen molar-refractivity contribution in [2.75, 3.05) is 11.5 Å². The summed E-state index contributed by atoms with van der Waals surface area (Å²) in [5, 5.41) is 0.660. The van der Waals surface area contributed by atoms with Crippen molar-refractivity contribution in [2.45, 2.75) is 25.5 Å². The van der Waals surface area contributed by atoms with Gasteiger partial charge >= 0.3 is 0 Å². The van der Waals surface area contributed by atoms with Gasteiger partial charge in [-0.05, 0) is 36.8 Å². The summed E-state index contributed by atoms with van der Waals surface area (Å²) in [5.74, 6) is 0.979. The third-order valence-electron chi connectivity index (χ3n) is 4.55. The summed E-state index contributed by atoms with van der Waals surface area (Å²) in [5.41, 5.74) is 1.86. The maximum Gasteiger partial charge on any atom is 0.224 e. The Labute approximate surface area is 133 Å². The van der Waals surface area contributed by atoms with E-state index in [1.165, 1.54) is 0 Å². The first-order chi connectivity index (χ1) is 10.7. The molecule has 0 spiro atoms. The normalized spacial score (nSPS) is 26.6. The van der Waals surface area contributed by atoms with Crippen LogP contribution in [0.25, 0.3) is 0 Å². The molecule has 3 atom stereocenters. The molecule has 2 aliphatic rings. The van der Waals surface area contributed by atoms with E-state index in [1.807, 2.05) is 35.2 Å². The van der Waals surface area contributed by atoms with Crippen molar-refractivity contribution in [3.8, 4) is 0 Å². The molecule has 5 heteroatoms. The molecule has 0 N–H and O–H groups in total. The van der Waals surface area contributed by atoms with E-state index in [0.29, 0.717) is 11.6 Å². The molecule has 1 aromatic heterocycles. The maximum absolute atomic E-state index is 12.4. The fourth-order valence-corrected chi connectivity index (χ4v) is 3.91. The molecule has 0 radical (unpaired) electrons. The number of halogens is 1. The molecule has 4 nitrogen and oxygen atoms in total. The number of ether oxygens (including phenoxy) is 1. The third kappa shape index (κ3) is 1.98. The van der Waals surface area contributed by atoms with Gasteiger partial charge in [-0.15, -0.1) is 0 Å². The molecule has 114 valence electrons. The molecular weight excluding hydrogens is 302 g/mol. The van der Waals surface area contributed by atoms with E-state index in [0.717, 1.165) is 23.4 Å². The highest BCUT2D eigenvalue weighted by Crippen LogP contribution is 2.53. The van der Waals surface area contributed by atoms with Gasteiger partial charge in [0.2, 0.25) is 5.91 Å². The van der Waals surface area contributed by atoms with Crippen molar-refractivity contribution in [3.05, 3.63) is 52.9 Å². The van der Waals surface area contributed by atoms with Crippen LogP contribution < -0.4 is 4.90 Å². The molecule has 0 saturated carbocycles. The highest BCUT2D eigenvalue weighted by molar-refractivity contribution is 6.30. The SMILES string of the molecule is CC(=O)N1c2ccc(Cl)cc2[C@H]2OCC[C@@H]2[C@@H]1c1ccco1. The third-order valence-corrected chi connectivity index (χ3v) is 4.79. The Bertz CT molecular complexity index is 713. The number of anilines is 1. The number of hydrogen-bond acceptors (Lipinski definition) is 3. The predicted molar refractivity (Wildman–Crippen MR) is 82.9 cm³/mol. The van der Waals surface area contributed by atoms with Gasteiger partial charge in [-0.3, -0.25) is 4.79 Å². The predicted octanol–water partition coefficient (Wildman–Crippen LogP) is 4.12. The number of furan rings is 1. The summed E-state index contributed by atoms with van der Waals surface area (Å²) in [7, 11) is 0. The molecule has 2 aromatic rings. The van der Waals surface area contributed by atoms with E-state index < -0.39 is 0 Å². The summed E-state index contributed by atoms with van der Waals surface area (Å²) in [6.07, 6.45) is 2.50. The molecule has 0 bridgehead atoms. The lowest BCUT2D eigenvalue weighted by molar-refractivity contribution is -0.117. The quantitative estimate of drug-likeness (QED) is 0.794. The van der Waals surface area contributed by atoms with Crippen molar-refractivity contribution in [3.63, 3.8) is 0 Å². The van der Waals surface area contributed by atoms with Crippen LogP contribution in [-0.2, 0) is 9.53 Å². The van der Waals surface area contributed by atoms with E-state index >= 15 is 0 Å². The van der Waals surface area contributed by atoms with Gasteiger partial charge in [0.15, 0.2) is 0 Å². The molecule has 22 heavy (non-hydrogen) atoms.